The minimum Gasteiger partial charge on any atom is -0.459 e. The molecule has 0 radical (unpaired) electrons. The third-order valence-electron chi connectivity index (χ3n) is 12.3. The average Bonchev–Trinajstić information content (AvgIpc) is 3.26. The molecule has 6 aliphatic rings. The van der Waals surface area contributed by atoms with E-state index in [0.717, 1.165) is 38.5 Å². The SMILES string of the molecule is C=C1CC[C@@]2(OC1)O[C@@H]1C[C@H]3[C@@H]4CC[C@H]5C[C@@H](OC(C)=O)[C@H](OC(C)=O)C[C@]5(C)[C@H]4CC[C@]3(C)[C@H]1[C@@H]2C. The van der Waals surface area contributed by atoms with Crippen molar-refractivity contribution in [2.24, 2.45) is 46.3 Å². The maximum Gasteiger partial charge on any atom is 0.303 e. The summed E-state index contributed by atoms with van der Waals surface area (Å²) in [6.45, 7) is 15.1. The first-order valence-electron chi connectivity index (χ1n) is 14.8. The first-order chi connectivity index (χ1) is 17.5. The predicted molar refractivity (Wildman–Crippen MR) is 138 cm³/mol. The van der Waals surface area contributed by atoms with Crippen molar-refractivity contribution in [3.05, 3.63) is 12.2 Å². The highest BCUT2D eigenvalue weighted by Crippen LogP contribution is 2.71. The Kier molecular flexibility index (Phi) is 6.15. The van der Waals surface area contributed by atoms with Crippen LogP contribution in [0.3, 0.4) is 0 Å². The second-order valence-corrected chi connectivity index (χ2v) is 14.0. The Labute approximate surface area is 222 Å². The fourth-order valence-corrected chi connectivity index (χ4v) is 10.8. The Hall–Kier alpha value is -1.40. The number of esters is 2. The van der Waals surface area contributed by atoms with Gasteiger partial charge in [-0.3, -0.25) is 9.59 Å². The Bertz CT molecular complexity index is 965. The molecule has 0 aromatic carbocycles. The number of carbonyl (C=O) groups is 2. The van der Waals surface area contributed by atoms with E-state index >= 15 is 0 Å². The van der Waals surface area contributed by atoms with Gasteiger partial charge in [0.15, 0.2) is 5.79 Å². The van der Waals surface area contributed by atoms with Crippen molar-refractivity contribution in [1.29, 1.82) is 0 Å². The minimum absolute atomic E-state index is 0.0965. The van der Waals surface area contributed by atoms with E-state index in [4.69, 9.17) is 18.9 Å². The van der Waals surface area contributed by atoms with Crippen molar-refractivity contribution < 1.29 is 28.5 Å². The Morgan fingerprint density at radius 3 is 2.35 bits per heavy atom. The molecule has 0 aromatic heterocycles. The second-order valence-electron chi connectivity index (χ2n) is 14.0. The lowest BCUT2D eigenvalue weighted by Gasteiger charge is -2.62. The topological polar surface area (TPSA) is 71.1 Å². The van der Waals surface area contributed by atoms with E-state index in [-0.39, 0.29) is 41.1 Å². The molecule has 6 nitrogen and oxygen atoms in total. The molecule has 4 aliphatic carbocycles. The van der Waals surface area contributed by atoms with E-state index in [1.165, 1.54) is 38.7 Å². The number of hydrogen-bond donors (Lipinski definition) is 0. The van der Waals surface area contributed by atoms with Gasteiger partial charge in [-0.15, -0.1) is 0 Å². The van der Waals surface area contributed by atoms with Gasteiger partial charge in [0, 0.05) is 26.2 Å². The van der Waals surface area contributed by atoms with Crippen LogP contribution < -0.4 is 0 Å². The van der Waals surface area contributed by atoms with Crippen molar-refractivity contribution in [1.82, 2.24) is 0 Å². The third kappa shape index (κ3) is 3.86. The van der Waals surface area contributed by atoms with Crippen molar-refractivity contribution in [2.75, 3.05) is 6.61 Å². The molecule has 12 atom stereocenters. The smallest absolute Gasteiger partial charge is 0.303 e. The highest BCUT2D eigenvalue weighted by Gasteiger charge is 2.69. The molecule has 206 valence electrons. The molecule has 2 aliphatic heterocycles. The fourth-order valence-electron chi connectivity index (χ4n) is 10.8. The van der Waals surface area contributed by atoms with Gasteiger partial charge in [0.05, 0.1) is 12.7 Å². The van der Waals surface area contributed by atoms with Crippen molar-refractivity contribution >= 4 is 11.9 Å². The molecule has 0 unspecified atom stereocenters. The maximum atomic E-state index is 12.0. The van der Waals surface area contributed by atoms with Crippen molar-refractivity contribution in [2.45, 2.75) is 117 Å². The van der Waals surface area contributed by atoms with Crippen molar-refractivity contribution in [3.63, 3.8) is 0 Å². The molecular weight excluding hydrogens is 468 g/mol. The first kappa shape index (κ1) is 25.9. The summed E-state index contributed by atoms with van der Waals surface area (Å²) in [7, 11) is 0. The lowest BCUT2D eigenvalue weighted by atomic mass is 9.44. The summed E-state index contributed by atoms with van der Waals surface area (Å²) < 4.78 is 24.8. The zero-order valence-electron chi connectivity index (χ0n) is 23.4. The van der Waals surface area contributed by atoms with Crippen LogP contribution in [0.2, 0.25) is 0 Å². The Morgan fingerprint density at radius 1 is 0.946 bits per heavy atom. The van der Waals surface area contributed by atoms with Gasteiger partial charge in [0.1, 0.15) is 12.2 Å². The summed E-state index contributed by atoms with van der Waals surface area (Å²) in [4.78, 5) is 23.8. The van der Waals surface area contributed by atoms with Crippen LogP contribution in [0.4, 0.5) is 0 Å². The zero-order chi connectivity index (χ0) is 26.3. The molecule has 0 aromatic rings. The highest BCUT2D eigenvalue weighted by molar-refractivity contribution is 5.67. The monoisotopic (exact) mass is 514 g/mol. The quantitative estimate of drug-likeness (QED) is 0.341. The van der Waals surface area contributed by atoms with Crippen LogP contribution in [0.5, 0.6) is 0 Å². The van der Waals surface area contributed by atoms with Gasteiger partial charge < -0.3 is 18.9 Å². The lowest BCUT2D eigenvalue weighted by Crippen LogP contribution is -2.58. The molecule has 6 rings (SSSR count). The molecule has 1 spiro atoms. The fraction of sp³-hybridized carbons (Fsp3) is 0.871. The number of rotatable bonds is 2. The minimum atomic E-state index is -0.419. The average molecular weight is 515 g/mol. The van der Waals surface area contributed by atoms with E-state index < -0.39 is 5.79 Å². The summed E-state index contributed by atoms with van der Waals surface area (Å²) in [5.41, 5.74) is 1.56. The summed E-state index contributed by atoms with van der Waals surface area (Å²) in [5.74, 6) is 2.39. The van der Waals surface area contributed by atoms with E-state index in [0.29, 0.717) is 42.1 Å². The van der Waals surface area contributed by atoms with Crippen LogP contribution in [0.25, 0.3) is 0 Å². The van der Waals surface area contributed by atoms with Crippen molar-refractivity contribution in [3.8, 4) is 0 Å². The van der Waals surface area contributed by atoms with E-state index in [9.17, 15) is 9.59 Å². The summed E-state index contributed by atoms with van der Waals surface area (Å²) in [5, 5.41) is 0. The van der Waals surface area contributed by atoms with Crippen LogP contribution >= 0.6 is 0 Å². The van der Waals surface area contributed by atoms with Gasteiger partial charge in [-0.1, -0.05) is 32.9 Å². The van der Waals surface area contributed by atoms with Gasteiger partial charge in [-0.2, -0.15) is 0 Å². The van der Waals surface area contributed by atoms with Crippen LogP contribution in [-0.2, 0) is 28.5 Å². The van der Waals surface area contributed by atoms with Gasteiger partial charge in [0.2, 0.25) is 0 Å². The Balaban J connectivity index is 1.24. The number of hydrogen-bond acceptors (Lipinski definition) is 6. The normalized spacial score (nSPS) is 52.6. The number of ether oxygens (including phenoxy) is 4. The van der Waals surface area contributed by atoms with E-state index in [1.54, 1.807) is 0 Å². The number of fused-ring (bicyclic) bond motifs is 7. The molecular formula is C31H46O6. The highest BCUT2D eigenvalue weighted by atomic mass is 16.7. The van der Waals surface area contributed by atoms with Gasteiger partial charge in [-0.05, 0) is 91.8 Å². The maximum absolute atomic E-state index is 12.0. The van der Waals surface area contributed by atoms with Crippen LogP contribution in [0.1, 0.15) is 92.4 Å². The molecule has 2 saturated heterocycles. The largest absolute Gasteiger partial charge is 0.459 e. The van der Waals surface area contributed by atoms with E-state index in [2.05, 4.69) is 27.4 Å². The molecule has 6 heteroatoms. The zero-order valence-corrected chi connectivity index (χ0v) is 23.4. The Morgan fingerprint density at radius 2 is 1.68 bits per heavy atom. The summed E-state index contributed by atoms with van der Waals surface area (Å²) >= 11 is 0. The van der Waals surface area contributed by atoms with Crippen LogP contribution in [-0.4, -0.2) is 42.6 Å². The molecule has 4 saturated carbocycles. The van der Waals surface area contributed by atoms with Crippen LogP contribution in [0, 0.1) is 46.3 Å². The van der Waals surface area contributed by atoms with Crippen LogP contribution in [0.15, 0.2) is 12.2 Å². The molecule has 0 N–H and O–H groups in total. The standard InChI is InChI=1S/C31H46O6/c1-17-9-12-31(34-16-17)18(2)28-26(37-31)14-24-22-8-7-21-13-25(35-19(3)32)27(36-20(4)33)15-30(21,6)23(22)10-11-29(24,28)5/h18,21-28H,1,7-16H2,2-6H3/t18-,21-,22+,23-,24-,25+,26+,27+,28-,29-,30-,31+/m0/s1. The predicted octanol–water partition coefficient (Wildman–Crippen LogP) is 5.83. The molecule has 2 heterocycles. The molecule has 6 fully saturated rings. The van der Waals surface area contributed by atoms with Gasteiger partial charge >= 0.3 is 11.9 Å². The molecule has 0 bridgehead atoms. The summed E-state index contributed by atoms with van der Waals surface area (Å²) in [6, 6.07) is 0. The lowest BCUT2D eigenvalue weighted by molar-refractivity contribution is -0.256. The van der Waals surface area contributed by atoms with E-state index in [1.807, 2.05) is 0 Å². The molecule has 37 heavy (non-hydrogen) atoms. The molecule has 0 amide bonds. The first-order valence-corrected chi connectivity index (χ1v) is 14.8. The third-order valence-corrected chi connectivity index (χ3v) is 12.3. The van der Waals surface area contributed by atoms with Gasteiger partial charge in [-0.25, -0.2) is 0 Å². The second kappa shape index (κ2) is 8.81. The number of carbonyl (C=O) groups excluding carboxylic acids is 2. The summed E-state index contributed by atoms with van der Waals surface area (Å²) in [6.07, 6.45) is 9.14. The van der Waals surface area contributed by atoms with Gasteiger partial charge in [0.25, 0.3) is 0 Å².